The van der Waals surface area contributed by atoms with E-state index < -0.39 is 0 Å². The summed E-state index contributed by atoms with van der Waals surface area (Å²) in [4.78, 5) is 17.0. The molecule has 2 aliphatic rings. The van der Waals surface area contributed by atoms with Crippen LogP contribution in [0.5, 0.6) is 0 Å². The molecule has 5 nitrogen and oxygen atoms in total. The molecule has 0 atom stereocenters. The molecular formula is C20H31N3O2. The molecule has 25 heavy (non-hydrogen) atoms. The summed E-state index contributed by atoms with van der Waals surface area (Å²) in [5.74, 6) is 0.776. The average Bonchev–Trinajstić information content (AvgIpc) is 3.43. The predicted octanol–water partition coefficient (Wildman–Crippen LogP) is 3.56. The van der Waals surface area contributed by atoms with Gasteiger partial charge in [0.2, 0.25) is 0 Å². The average molecular weight is 345 g/mol. The Balaban J connectivity index is 1.48. The normalized spacial score (nSPS) is 18.8. The third-order valence-electron chi connectivity index (χ3n) is 4.91. The standard InChI is InChI=1S/C20H31N3O2/c1-2-9-22-10-4-11-23(13-12-22)20(24)21-19-6-3-5-18(14-19)16-25-15-17-7-8-17/h3,5-6,14,17H,2,4,7-13,15-16H2,1H3,(H,21,24). The molecule has 1 aliphatic carbocycles. The van der Waals surface area contributed by atoms with Crippen molar-refractivity contribution in [1.29, 1.82) is 0 Å². The minimum atomic E-state index is 0.00870. The molecule has 1 N–H and O–H groups in total. The molecule has 0 radical (unpaired) electrons. The zero-order valence-electron chi connectivity index (χ0n) is 15.4. The largest absolute Gasteiger partial charge is 0.376 e. The Morgan fingerprint density at radius 3 is 2.92 bits per heavy atom. The van der Waals surface area contributed by atoms with Crippen LogP contribution >= 0.6 is 0 Å². The quantitative estimate of drug-likeness (QED) is 0.822. The highest BCUT2D eigenvalue weighted by Gasteiger charge is 2.21. The van der Waals surface area contributed by atoms with Crippen molar-refractivity contribution >= 4 is 11.7 Å². The van der Waals surface area contributed by atoms with Gasteiger partial charge in [-0.05, 0) is 62.4 Å². The van der Waals surface area contributed by atoms with Gasteiger partial charge < -0.3 is 19.9 Å². The second-order valence-electron chi connectivity index (χ2n) is 7.27. The third kappa shape index (κ3) is 6.01. The molecule has 3 rings (SSSR count). The highest BCUT2D eigenvalue weighted by Crippen LogP contribution is 2.29. The summed E-state index contributed by atoms with van der Waals surface area (Å²) in [5.41, 5.74) is 1.97. The molecule has 1 aromatic rings. The van der Waals surface area contributed by atoms with E-state index in [1.807, 2.05) is 23.1 Å². The number of nitrogens with zero attached hydrogens (tertiary/aromatic N) is 2. The lowest BCUT2D eigenvalue weighted by Gasteiger charge is -2.22. The Labute approximate surface area is 151 Å². The van der Waals surface area contributed by atoms with Crippen LogP contribution in [0.2, 0.25) is 0 Å². The molecule has 2 amide bonds. The van der Waals surface area contributed by atoms with E-state index in [4.69, 9.17) is 4.74 Å². The zero-order chi connectivity index (χ0) is 17.5. The van der Waals surface area contributed by atoms with Gasteiger partial charge in [0.1, 0.15) is 0 Å². The minimum absolute atomic E-state index is 0.00870. The summed E-state index contributed by atoms with van der Waals surface area (Å²) < 4.78 is 5.74. The molecule has 1 saturated carbocycles. The highest BCUT2D eigenvalue weighted by molar-refractivity contribution is 5.89. The first-order valence-electron chi connectivity index (χ1n) is 9.69. The summed E-state index contributed by atoms with van der Waals surface area (Å²) in [6.45, 7) is 8.50. The van der Waals surface area contributed by atoms with Crippen molar-refractivity contribution in [1.82, 2.24) is 9.80 Å². The van der Waals surface area contributed by atoms with Crippen molar-refractivity contribution in [3.8, 4) is 0 Å². The van der Waals surface area contributed by atoms with Crippen LogP contribution in [0.25, 0.3) is 0 Å². The molecule has 2 fully saturated rings. The number of urea groups is 1. The number of hydrogen-bond donors (Lipinski definition) is 1. The van der Waals surface area contributed by atoms with Crippen molar-refractivity contribution < 1.29 is 9.53 Å². The van der Waals surface area contributed by atoms with Crippen LogP contribution in [-0.4, -0.2) is 55.2 Å². The van der Waals surface area contributed by atoms with Crippen LogP contribution in [0.4, 0.5) is 10.5 Å². The number of ether oxygens (including phenoxy) is 1. The Bertz CT molecular complexity index is 560. The first-order valence-corrected chi connectivity index (χ1v) is 9.69. The molecule has 138 valence electrons. The van der Waals surface area contributed by atoms with E-state index >= 15 is 0 Å². The highest BCUT2D eigenvalue weighted by atomic mass is 16.5. The van der Waals surface area contributed by atoms with Crippen LogP contribution in [0, 0.1) is 5.92 Å². The Morgan fingerprint density at radius 1 is 1.24 bits per heavy atom. The summed E-state index contributed by atoms with van der Waals surface area (Å²) in [6.07, 6.45) is 4.83. The third-order valence-corrected chi connectivity index (χ3v) is 4.91. The number of carbonyl (C=O) groups is 1. The summed E-state index contributed by atoms with van der Waals surface area (Å²) in [7, 11) is 0. The number of hydrogen-bond acceptors (Lipinski definition) is 3. The monoisotopic (exact) mass is 345 g/mol. The predicted molar refractivity (Wildman–Crippen MR) is 101 cm³/mol. The topological polar surface area (TPSA) is 44.8 Å². The SMILES string of the molecule is CCCN1CCCN(C(=O)Nc2cccc(COCC3CC3)c2)CC1. The molecule has 0 unspecified atom stereocenters. The van der Waals surface area contributed by atoms with Crippen LogP contribution in [0.15, 0.2) is 24.3 Å². The van der Waals surface area contributed by atoms with Gasteiger partial charge in [0.05, 0.1) is 6.61 Å². The molecule has 1 saturated heterocycles. The lowest BCUT2D eigenvalue weighted by molar-refractivity contribution is 0.111. The van der Waals surface area contributed by atoms with E-state index in [-0.39, 0.29) is 6.03 Å². The van der Waals surface area contributed by atoms with Gasteiger partial charge in [0, 0.05) is 31.9 Å². The first kappa shape index (κ1) is 18.2. The van der Waals surface area contributed by atoms with Gasteiger partial charge in [-0.2, -0.15) is 0 Å². The van der Waals surface area contributed by atoms with Gasteiger partial charge in [-0.15, -0.1) is 0 Å². The van der Waals surface area contributed by atoms with Crippen LogP contribution in [-0.2, 0) is 11.3 Å². The minimum Gasteiger partial charge on any atom is -0.376 e. The van der Waals surface area contributed by atoms with Crippen LogP contribution < -0.4 is 5.32 Å². The maximum absolute atomic E-state index is 12.6. The van der Waals surface area contributed by atoms with E-state index in [1.54, 1.807) is 0 Å². The summed E-state index contributed by atoms with van der Waals surface area (Å²) in [6, 6.07) is 8.01. The van der Waals surface area contributed by atoms with Crippen molar-refractivity contribution in [3.05, 3.63) is 29.8 Å². The van der Waals surface area contributed by atoms with Crippen molar-refractivity contribution in [2.24, 2.45) is 5.92 Å². The van der Waals surface area contributed by atoms with Crippen molar-refractivity contribution in [2.75, 3.05) is 44.6 Å². The Morgan fingerprint density at radius 2 is 2.12 bits per heavy atom. The van der Waals surface area contributed by atoms with Gasteiger partial charge in [-0.25, -0.2) is 4.79 Å². The smallest absolute Gasteiger partial charge is 0.321 e. The Kier molecular flexibility index (Phi) is 6.70. The lowest BCUT2D eigenvalue weighted by Crippen LogP contribution is -2.38. The molecule has 0 bridgehead atoms. The molecule has 1 aromatic carbocycles. The molecule has 1 heterocycles. The van der Waals surface area contributed by atoms with E-state index in [0.29, 0.717) is 6.61 Å². The molecule has 5 heteroatoms. The van der Waals surface area contributed by atoms with E-state index in [0.717, 1.165) is 62.9 Å². The lowest BCUT2D eigenvalue weighted by atomic mass is 10.2. The maximum Gasteiger partial charge on any atom is 0.321 e. The van der Waals surface area contributed by atoms with E-state index in [9.17, 15) is 4.79 Å². The number of nitrogens with one attached hydrogen (secondary N) is 1. The number of carbonyl (C=O) groups excluding carboxylic acids is 1. The molecule has 1 aliphatic heterocycles. The molecule has 0 aromatic heterocycles. The number of benzene rings is 1. The fourth-order valence-corrected chi connectivity index (χ4v) is 3.28. The second kappa shape index (κ2) is 9.20. The number of anilines is 1. The van der Waals surface area contributed by atoms with Gasteiger partial charge in [0.25, 0.3) is 0 Å². The van der Waals surface area contributed by atoms with E-state index in [2.05, 4.69) is 23.2 Å². The van der Waals surface area contributed by atoms with Gasteiger partial charge in [-0.3, -0.25) is 0 Å². The Hall–Kier alpha value is -1.59. The fourth-order valence-electron chi connectivity index (χ4n) is 3.28. The molecule has 0 spiro atoms. The van der Waals surface area contributed by atoms with Crippen molar-refractivity contribution in [2.45, 2.75) is 39.2 Å². The van der Waals surface area contributed by atoms with Gasteiger partial charge in [-0.1, -0.05) is 19.1 Å². The van der Waals surface area contributed by atoms with Gasteiger partial charge >= 0.3 is 6.03 Å². The number of amides is 2. The summed E-state index contributed by atoms with van der Waals surface area (Å²) >= 11 is 0. The zero-order valence-corrected chi connectivity index (χ0v) is 15.4. The van der Waals surface area contributed by atoms with Crippen LogP contribution in [0.3, 0.4) is 0 Å². The maximum atomic E-state index is 12.6. The fraction of sp³-hybridized carbons (Fsp3) is 0.650. The number of rotatable bonds is 7. The van der Waals surface area contributed by atoms with Crippen molar-refractivity contribution in [3.63, 3.8) is 0 Å². The second-order valence-corrected chi connectivity index (χ2v) is 7.27. The molecular weight excluding hydrogens is 314 g/mol. The first-order chi connectivity index (χ1) is 12.2. The summed E-state index contributed by atoms with van der Waals surface area (Å²) in [5, 5.41) is 3.05. The van der Waals surface area contributed by atoms with E-state index in [1.165, 1.54) is 19.3 Å². The van der Waals surface area contributed by atoms with Gasteiger partial charge in [0.15, 0.2) is 0 Å². The van der Waals surface area contributed by atoms with Crippen LogP contribution in [0.1, 0.15) is 38.2 Å².